The molecule has 0 unspecified atom stereocenters. The molecule has 7 heteroatoms. The minimum atomic E-state index is -0.814. The molecule has 0 aliphatic rings. The highest BCUT2D eigenvalue weighted by atomic mass is 16.5. The number of hydrogen-bond donors (Lipinski definition) is 0. The number of carbonyl (C=O) groups is 2. The molecule has 166 valence electrons. The molecule has 3 rings (SSSR count). The van der Waals surface area contributed by atoms with Gasteiger partial charge in [0.05, 0.1) is 32.1 Å². The van der Waals surface area contributed by atoms with Crippen LogP contribution in [0.2, 0.25) is 0 Å². The molecule has 0 aliphatic heterocycles. The van der Waals surface area contributed by atoms with Gasteiger partial charge in [0.15, 0.2) is 11.6 Å². The van der Waals surface area contributed by atoms with Crippen molar-refractivity contribution >= 4 is 28.6 Å². The van der Waals surface area contributed by atoms with Crippen molar-refractivity contribution in [3.05, 3.63) is 70.1 Å². The lowest BCUT2D eigenvalue weighted by atomic mass is 10.0. The first-order valence-electron chi connectivity index (χ1n) is 10.2. The maximum Gasteiger partial charge on any atom is 0.347 e. The number of allylic oxidation sites excluding steroid dienone is 1. The predicted molar refractivity (Wildman–Crippen MR) is 121 cm³/mol. The fourth-order valence-corrected chi connectivity index (χ4v) is 3.10. The van der Waals surface area contributed by atoms with E-state index in [0.717, 1.165) is 5.56 Å². The average molecular weight is 436 g/mol. The van der Waals surface area contributed by atoms with Gasteiger partial charge < -0.3 is 18.6 Å². The lowest BCUT2D eigenvalue weighted by molar-refractivity contribution is -0.113. The number of carbonyl (C=O) groups excluding carboxylic acids is 2. The maximum absolute atomic E-state index is 12.7. The number of ketones is 2. The van der Waals surface area contributed by atoms with Crippen molar-refractivity contribution in [2.45, 2.75) is 20.3 Å². The zero-order valence-electron chi connectivity index (χ0n) is 18.2. The number of benzene rings is 2. The summed E-state index contributed by atoms with van der Waals surface area (Å²) in [6.07, 6.45) is 2.45. The maximum atomic E-state index is 12.7. The van der Waals surface area contributed by atoms with E-state index in [9.17, 15) is 14.4 Å². The van der Waals surface area contributed by atoms with Gasteiger partial charge in [-0.05, 0) is 43.7 Å². The monoisotopic (exact) mass is 436 g/mol. The molecule has 0 N–H and O–H groups in total. The second kappa shape index (κ2) is 10.4. The van der Waals surface area contributed by atoms with E-state index in [0.29, 0.717) is 35.8 Å². The van der Waals surface area contributed by atoms with Gasteiger partial charge in [-0.3, -0.25) is 9.59 Å². The second-order valence-corrected chi connectivity index (χ2v) is 6.82. The van der Waals surface area contributed by atoms with Crippen molar-refractivity contribution in [3.63, 3.8) is 0 Å². The van der Waals surface area contributed by atoms with Crippen LogP contribution in [0.5, 0.6) is 17.2 Å². The Morgan fingerprint density at radius 2 is 1.69 bits per heavy atom. The lowest BCUT2D eigenvalue weighted by Crippen LogP contribution is -2.16. The number of Topliss-reactive ketones (excluding diaryl/α,β-unsaturated/α-hetero) is 1. The third kappa shape index (κ3) is 5.43. The van der Waals surface area contributed by atoms with Gasteiger partial charge in [-0.15, -0.1) is 0 Å². The molecule has 0 saturated heterocycles. The molecular formula is C25H24O7. The smallest absolute Gasteiger partial charge is 0.347 e. The van der Waals surface area contributed by atoms with E-state index < -0.39 is 23.6 Å². The summed E-state index contributed by atoms with van der Waals surface area (Å²) in [4.78, 5) is 37.4. The standard InChI is InChI=1S/C25H24O7/c1-4-30-19-13-23(31-5-2)21-15-20(25(28)32-24(21)14-19)22(27)12-17(26)9-6-16-7-10-18(29-3)11-8-16/h6-11,13-15H,4-5,12H2,1-3H3/b9-6+. The Hall–Kier alpha value is -3.87. The van der Waals surface area contributed by atoms with E-state index in [2.05, 4.69) is 0 Å². The third-order valence-corrected chi connectivity index (χ3v) is 4.61. The molecule has 0 saturated carbocycles. The van der Waals surface area contributed by atoms with Crippen LogP contribution in [0.4, 0.5) is 0 Å². The molecule has 0 aliphatic carbocycles. The van der Waals surface area contributed by atoms with E-state index in [4.69, 9.17) is 18.6 Å². The highest BCUT2D eigenvalue weighted by Gasteiger charge is 2.19. The Balaban J connectivity index is 1.83. The van der Waals surface area contributed by atoms with Gasteiger partial charge in [-0.1, -0.05) is 18.2 Å². The SMILES string of the molecule is CCOc1cc(OCC)c2cc(C(=O)CC(=O)/C=C/c3ccc(OC)cc3)c(=O)oc2c1. The van der Waals surface area contributed by atoms with Crippen LogP contribution >= 0.6 is 0 Å². The molecule has 0 spiro atoms. The molecule has 0 atom stereocenters. The van der Waals surface area contributed by atoms with Crippen LogP contribution in [-0.4, -0.2) is 31.9 Å². The topological polar surface area (TPSA) is 92.0 Å². The minimum absolute atomic E-state index is 0.200. The molecule has 7 nitrogen and oxygen atoms in total. The summed E-state index contributed by atoms with van der Waals surface area (Å²) in [7, 11) is 1.57. The number of ether oxygens (including phenoxy) is 3. The van der Waals surface area contributed by atoms with Crippen molar-refractivity contribution in [1.82, 2.24) is 0 Å². The van der Waals surface area contributed by atoms with Gasteiger partial charge in [0.1, 0.15) is 28.4 Å². The molecular weight excluding hydrogens is 412 g/mol. The van der Waals surface area contributed by atoms with E-state index in [1.54, 1.807) is 49.6 Å². The van der Waals surface area contributed by atoms with Crippen LogP contribution in [0.25, 0.3) is 17.0 Å². The van der Waals surface area contributed by atoms with Crippen LogP contribution in [0.3, 0.4) is 0 Å². The number of methoxy groups -OCH3 is 1. The van der Waals surface area contributed by atoms with Gasteiger partial charge >= 0.3 is 5.63 Å². The number of hydrogen-bond acceptors (Lipinski definition) is 7. The predicted octanol–water partition coefficient (Wildman–Crippen LogP) is 4.45. The average Bonchev–Trinajstić information content (AvgIpc) is 2.78. The van der Waals surface area contributed by atoms with E-state index in [1.807, 2.05) is 13.8 Å². The fraction of sp³-hybridized carbons (Fsp3) is 0.240. The first-order chi connectivity index (χ1) is 15.4. The van der Waals surface area contributed by atoms with Gasteiger partial charge in [0.2, 0.25) is 0 Å². The van der Waals surface area contributed by atoms with E-state index in [1.165, 1.54) is 12.1 Å². The number of fused-ring (bicyclic) bond motifs is 1. The summed E-state index contributed by atoms with van der Waals surface area (Å²) in [6.45, 7) is 4.46. The summed E-state index contributed by atoms with van der Waals surface area (Å²) < 4.78 is 21.5. The Kier molecular flexibility index (Phi) is 7.44. The zero-order valence-corrected chi connectivity index (χ0v) is 18.2. The molecule has 0 fully saturated rings. The zero-order chi connectivity index (χ0) is 23.1. The van der Waals surface area contributed by atoms with Crippen LogP contribution < -0.4 is 19.8 Å². The van der Waals surface area contributed by atoms with Crippen molar-refractivity contribution in [3.8, 4) is 17.2 Å². The first-order valence-corrected chi connectivity index (χ1v) is 10.2. The molecule has 1 heterocycles. The molecule has 2 aromatic carbocycles. The minimum Gasteiger partial charge on any atom is -0.497 e. The lowest BCUT2D eigenvalue weighted by Gasteiger charge is -2.11. The van der Waals surface area contributed by atoms with Crippen molar-refractivity contribution in [2.75, 3.05) is 20.3 Å². The second-order valence-electron chi connectivity index (χ2n) is 6.82. The summed E-state index contributed by atoms with van der Waals surface area (Å²) in [6, 6.07) is 11.8. The first kappa shape index (κ1) is 22.8. The third-order valence-electron chi connectivity index (χ3n) is 4.61. The molecule has 0 amide bonds. The highest BCUT2D eigenvalue weighted by Crippen LogP contribution is 2.31. The number of rotatable bonds is 10. The van der Waals surface area contributed by atoms with Crippen molar-refractivity contribution < 1.29 is 28.2 Å². The van der Waals surface area contributed by atoms with E-state index >= 15 is 0 Å². The van der Waals surface area contributed by atoms with Gasteiger partial charge in [0.25, 0.3) is 0 Å². The van der Waals surface area contributed by atoms with E-state index in [-0.39, 0.29) is 11.1 Å². The largest absolute Gasteiger partial charge is 0.497 e. The van der Waals surface area contributed by atoms with Crippen LogP contribution in [0.15, 0.2) is 57.8 Å². The quantitative estimate of drug-likeness (QED) is 0.201. The Labute approximate surface area is 185 Å². The summed E-state index contributed by atoms with van der Waals surface area (Å²) in [5, 5.41) is 0.458. The van der Waals surface area contributed by atoms with Crippen LogP contribution in [-0.2, 0) is 4.79 Å². The van der Waals surface area contributed by atoms with Gasteiger partial charge in [0, 0.05) is 12.1 Å². The van der Waals surface area contributed by atoms with Crippen molar-refractivity contribution in [1.29, 1.82) is 0 Å². The van der Waals surface area contributed by atoms with Crippen molar-refractivity contribution in [2.24, 2.45) is 0 Å². The molecule has 0 radical (unpaired) electrons. The summed E-state index contributed by atoms with van der Waals surface area (Å²) >= 11 is 0. The Morgan fingerprint density at radius 1 is 0.969 bits per heavy atom. The summed E-state index contributed by atoms with van der Waals surface area (Å²) in [5.41, 5.74) is 0.00861. The van der Waals surface area contributed by atoms with Crippen LogP contribution in [0.1, 0.15) is 36.2 Å². The molecule has 3 aromatic rings. The van der Waals surface area contributed by atoms with Gasteiger partial charge in [-0.2, -0.15) is 0 Å². The fourth-order valence-electron chi connectivity index (χ4n) is 3.10. The molecule has 0 bridgehead atoms. The molecule has 32 heavy (non-hydrogen) atoms. The summed E-state index contributed by atoms with van der Waals surface area (Å²) in [5.74, 6) is 0.566. The Bertz CT molecular complexity index is 1200. The van der Waals surface area contributed by atoms with Crippen LogP contribution in [0, 0.1) is 0 Å². The normalized spacial score (nSPS) is 11.0. The molecule has 1 aromatic heterocycles. The van der Waals surface area contributed by atoms with Gasteiger partial charge in [-0.25, -0.2) is 4.79 Å². The Morgan fingerprint density at radius 3 is 2.34 bits per heavy atom. The highest BCUT2D eigenvalue weighted by molar-refractivity contribution is 6.12.